The van der Waals surface area contributed by atoms with E-state index in [4.69, 9.17) is 0 Å². The maximum absolute atomic E-state index is 12.4. The summed E-state index contributed by atoms with van der Waals surface area (Å²) in [5, 5.41) is 0. The average molecular weight is 342 g/mol. The van der Waals surface area contributed by atoms with Crippen molar-refractivity contribution >= 4 is 21.4 Å². The van der Waals surface area contributed by atoms with E-state index in [1.807, 2.05) is 61.9 Å². The van der Waals surface area contributed by atoms with Crippen molar-refractivity contribution in [1.82, 2.24) is 14.2 Å². The summed E-state index contributed by atoms with van der Waals surface area (Å²) in [5.74, 6) is 0. The lowest BCUT2D eigenvalue weighted by Crippen LogP contribution is -2.35. The highest BCUT2D eigenvalue weighted by Gasteiger charge is 2.22. The van der Waals surface area contributed by atoms with Crippen LogP contribution in [0.3, 0.4) is 0 Å². The van der Waals surface area contributed by atoms with Gasteiger partial charge < -0.3 is 4.57 Å². The second kappa shape index (κ2) is 6.95. The van der Waals surface area contributed by atoms with Gasteiger partial charge in [0.25, 0.3) is 0 Å². The van der Waals surface area contributed by atoms with Crippen molar-refractivity contribution in [1.29, 1.82) is 0 Å². The van der Waals surface area contributed by atoms with Gasteiger partial charge in [-0.2, -0.15) is 0 Å². The first-order chi connectivity index (χ1) is 10.3. The van der Waals surface area contributed by atoms with Crippen LogP contribution in [0, 0.1) is 0 Å². The fourth-order valence-electron chi connectivity index (χ4n) is 2.32. The van der Waals surface area contributed by atoms with Gasteiger partial charge in [0, 0.05) is 30.4 Å². The molecule has 22 heavy (non-hydrogen) atoms. The second-order valence-electron chi connectivity index (χ2n) is 5.45. The van der Waals surface area contributed by atoms with Gasteiger partial charge in [-0.05, 0) is 44.8 Å². The molecule has 0 saturated heterocycles. The average Bonchev–Trinajstić information content (AvgIpc) is 3.08. The van der Waals surface area contributed by atoms with E-state index in [1.54, 1.807) is 6.07 Å². The molecule has 5 nitrogen and oxygen atoms in total. The maximum atomic E-state index is 12.4. The molecule has 1 unspecified atom stereocenters. The molecule has 0 aromatic carbocycles. The number of sulfonamides is 1. The van der Waals surface area contributed by atoms with Gasteiger partial charge in [-0.25, -0.2) is 13.1 Å². The number of rotatable bonds is 7. The van der Waals surface area contributed by atoms with Crippen molar-refractivity contribution in [3.05, 3.63) is 41.0 Å². The summed E-state index contributed by atoms with van der Waals surface area (Å²) in [4.78, 5) is 3.09. The Labute approximate surface area is 136 Å². The summed E-state index contributed by atoms with van der Waals surface area (Å²) in [7, 11) is 2.42. The van der Waals surface area contributed by atoms with E-state index >= 15 is 0 Å². The van der Waals surface area contributed by atoms with Crippen molar-refractivity contribution in [2.45, 2.75) is 23.6 Å². The molecule has 1 N–H and O–H groups in total. The molecule has 7 heteroatoms. The number of likely N-dealkylation sites (N-methyl/N-ethyl adjacent to an activating group) is 1. The lowest BCUT2D eigenvalue weighted by Gasteiger charge is -2.25. The summed E-state index contributed by atoms with van der Waals surface area (Å²) in [6.07, 6.45) is 2.82. The fraction of sp³-hybridized carbons (Fsp3) is 0.467. The molecule has 2 aromatic heterocycles. The number of hydrogen-bond donors (Lipinski definition) is 1. The number of aryl methyl sites for hydroxylation is 2. The normalized spacial score (nSPS) is 13.7. The summed E-state index contributed by atoms with van der Waals surface area (Å²) in [6, 6.07) is 7.52. The van der Waals surface area contributed by atoms with E-state index in [-0.39, 0.29) is 6.04 Å². The highest BCUT2D eigenvalue weighted by Crippen LogP contribution is 2.23. The van der Waals surface area contributed by atoms with E-state index in [1.165, 1.54) is 11.3 Å². The molecule has 2 heterocycles. The van der Waals surface area contributed by atoms with Crippen LogP contribution < -0.4 is 4.72 Å². The Kier molecular flexibility index (Phi) is 5.44. The van der Waals surface area contributed by atoms with Gasteiger partial charge in [0.05, 0.1) is 6.04 Å². The number of nitrogens with one attached hydrogen (secondary N) is 1. The third kappa shape index (κ3) is 3.78. The zero-order chi connectivity index (χ0) is 16.3. The minimum atomic E-state index is -3.45. The molecular weight excluding hydrogens is 318 g/mol. The van der Waals surface area contributed by atoms with Crippen molar-refractivity contribution in [3.63, 3.8) is 0 Å². The van der Waals surface area contributed by atoms with Crippen LogP contribution in [0.5, 0.6) is 0 Å². The van der Waals surface area contributed by atoms with Crippen LogP contribution in [-0.4, -0.2) is 38.5 Å². The zero-order valence-corrected chi connectivity index (χ0v) is 15.0. The predicted molar refractivity (Wildman–Crippen MR) is 90.7 cm³/mol. The molecule has 0 radical (unpaired) electrons. The van der Waals surface area contributed by atoms with Gasteiger partial charge in [-0.3, -0.25) is 4.90 Å². The Morgan fingerprint density at radius 3 is 2.55 bits per heavy atom. The molecule has 0 amide bonds. The van der Waals surface area contributed by atoms with E-state index in [0.717, 1.165) is 17.0 Å². The van der Waals surface area contributed by atoms with E-state index < -0.39 is 10.0 Å². The van der Waals surface area contributed by atoms with Gasteiger partial charge >= 0.3 is 0 Å². The van der Waals surface area contributed by atoms with Crippen molar-refractivity contribution < 1.29 is 8.42 Å². The van der Waals surface area contributed by atoms with Gasteiger partial charge in [-0.15, -0.1) is 11.3 Å². The lowest BCUT2D eigenvalue weighted by molar-refractivity contribution is 0.289. The van der Waals surface area contributed by atoms with Crippen molar-refractivity contribution in [2.24, 2.45) is 7.05 Å². The SMILES string of the molecule is CCc1ccc(S(=O)(=O)NCC(c2cccn2C)N(C)C)s1. The Morgan fingerprint density at radius 1 is 1.32 bits per heavy atom. The van der Waals surface area contributed by atoms with E-state index in [9.17, 15) is 8.42 Å². The second-order valence-corrected chi connectivity index (χ2v) is 8.61. The van der Waals surface area contributed by atoms with Gasteiger partial charge in [0.1, 0.15) is 4.21 Å². The van der Waals surface area contributed by atoms with Crippen LogP contribution in [0.25, 0.3) is 0 Å². The highest BCUT2D eigenvalue weighted by molar-refractivity contribution is 7.91. The zero-order valence-electron chi connectivity index (χ0n) is 13.4. The third-order valence-corrected chi connectivity index (χ3v) is 6.81. The van der Waals surface area contributed by atoms with Crippen molar-refractivity contribution in [2.75, 3.05) is 20.6 Å². The number of hydrogen-bond acceptors (Lipinski definition) is 4. The number of aromatic nitrogens is 1. The molecular formula is C15H23N3O2S2. The van der Waals surface area contributed by atoms with Crippen LogP contribution in [0.2, 0.25) is 0 Å². The van der Waals surface area contributed by atoms with Gasteiger partial charge in [0.15, 0.2) is 0 Å². The quantitative estimate of drug-likeness (QED) is 0.840. The summed E-state index contributed by atoms with van der Waals surface area (Å²) < 4.78 is 30.0. The largest absolute Gasteiger partial charge is 0.353 e. The van der Waals surface area contributed by atoms with Crippen LogP contribution in [-0.2, 0) is 23.5 Å². The Bertz CT molecular complexity index is 717. The van der Waals surface area contributed by atoms with Gasteiger partial charge in [0.2, 0.25) is 10.0 Å². The standard InChI is InChI=1S/C15H23N3O2S2/c1-5-12-8-9-15(21-12)22(19,20)16-11-14(17(2)3)13-7-6-10-18(13)4/h6-10,14,16H,5,11H2,1-4H3. The molecule has 2 rings (SSSR count). The molecule has 0 aliphatic rings. The van der Waals surface area contributed by atoms with E-state index in [2.05, 4.69) is 4.72 Å². The number of thiophene rings is 1. The topological polar surface area (TPSA) is 54.3 Å². The first-order valence-corrected chi connectivity index (χ1v) is 9.51. The molecule has 0 fully saturated rings. The molecule has 0 saturated carbocycles. The molecule has 0 aliphatic heterocycles. The summed E-state index contributed by atoms with van der Waals surface area (Å²) in [5.41, 5.74) is 1.08. The molecule has 2 aromatic rings. The Balaban J connectivity index is 2.14. The fourth-order valence-corrected chi connectivity index (χ4v) is 4.70. The maximum Gasteiger partial charge on any atom is 0.250 e. The molecule has 1 atom stereocenters. The number of nitrogens with zero attached hydrogens (tertiary/aromatic N) is 2. The molecule has 122 valence electrons. The Morgan fingerprint density at radius 2 is 2.05 bits per heavy atom. The molecule has 0 aliphatic carbocycles. The monoisotopic (exact) mass is 341 g/mol. The minimum Gasteiger partial charge on any atom is -0.353 e. The highest BCUT2D eigenvalue weighted by atomic mass is 32.2. The minimum absolute atomic E-state index is 0.0135. The first-order valence-electron chi connectivity index (χ1n) is 7.21. The molecule has 0 bridgehead atoms. The third-order valence-electron chi connectivity index (χ3n) is 3.67. The van der Waals surface area contributed by atoms with E-state index in [0.29, 0.717) is 10.8 Å². The lowest BCUT2D eigenvalue weighted by atomic mass is 10.2. The summed E-state index contributed by atoms with van der Waals surface area (Å²) in [6.45, 7) is 2.36. The van der Waals surface area contributed by atoms with Crippen LogP contribution in [0.1, 0.15) is 23.5 Å². The smallest absolute Gasteiger partial charge is 0.250 e. The predicted octanol–water partition coefficient (Wildman–Crippen LogP) is 2.23. The summed E-state index contributed by atoms with van der Waals surface area (Å²) >= 11 is 1.33. The van der Waals surface area contributed by atoms with Crippen molar-refractivity contribution in [3.8, 4) is 0 Å². The van der Waals surface area contributed by atoms with Gasteiger partial charge in [-0.1, -0.05) is 6.92 Å². The molecule has 0 spiro atoms. The first kappa shape index (κ1) is 17.2. The van der Waals surface area contributed by atoms with Crippen LogP contribution in [0.15, 0.2) is 34.7 Å². The van der Waals surface area contributed by atoms with Crippen LogP contribution in [0.4, 0.5) is 0 Å². The Hall–Kier alpha value is -1.15. The van der Waals surface area contributed by atoms with Crippen LogP contribution >= 0.6 is 11.3 Å².